The van der Waals surface area contributed by atoms with Crippen molar-refractivity contribution in [2.75, 3.05) is 4.90 Å². The first-order chi connectivity index (χ1) is 9.99. The molecule has 0 aliphatic carbocycles. The van der Waals surface area contributed by atoms with Crippen molar-refractivity contribution >= 4 is 23.2 Å². The summed E-state index contributed by atoms with van der Waals surface area (Å²) < 4.78 is 26.5. The summed E-state index contributed by atoms with van der Waals surface area (Å²) in [6.07, 6.45) is 0.725. The van der Waals surface area contributed by atoms with Crippen LogP contribution in [0.15, 0.2) is 36.4 Å². The van der Waals surface area contributed by atoms with Gasteiger partial charge in [-0.15, -0.1) is 0 Å². The first-order valence-corrected chi connectivity index (χ1v) is 6.93. The van der Waals surface area contributed by atoms with E-state index in [2.05, 4.69) is 0 Å². The molecule has 1 heterocycles. The minimum absolute atomic E-state index is 0.0286. The summed E-state index contributed by atoms with van der Waals surface area (Å²) in [7, 11) is 0. The van der Waals surface area contributed by atoms with Crippen LogP contribution in [-0.4, -0.2) is 11.9 Å². The smallest absolute Gasteiger partial charge is 0.260 e. The highest BCUT2D eigenvalue weighted by atomic mass is 35.5. The molecule has 0 aromatic heterocycles. The van der Waals surface area contributed by atoms with Gasteiger partial charge < -0.3 is 4.90 Å². The summed E-state index contributed by atoms with van der Waals surface area (Å²) in [5.74, 6) is -2.56. The molecule has 2 nitrogen and oxygen atoms in total. The molecule has 0 saturated heterocycles. The molecule has 1 atom stereocenters. The van der Waals surface area contributed by atoms with E-state index in [0.29, 0.717) is 0 Å². The van der Waals surface area contributed by atoms with Crippen molar-refractivity contribution in [2.45, 2.75) is 19.4 Å². The van der Waals surface area contributed by atoms with Gasteiger partial charge in [0.25, 0.3) is 5.91 Å². The Balaban J connectivity index is 2.05. The quantitative estimate of drug-likeness (QED) is 0.723. The largest absolute Gasteiger partial charge is 0.305 e. The van der Waals surface area contributed by atoms with Gasteiger partial charge in [-0.25, -0.2) is 8.78 Å². The standard InChI is InChI=1S/C16H12ClF2NO/c1-9-6-10-4-2-3-5-15(10)20(9)16(21)11-7-13(18)14(19)8-12(11)17/h2-5,7-9H,6H2,1H3. The van der Waals surface area contributed by atoms with Crippen LogP contribution < -0.4 is 4.90 Å². The maximum absolute atomic E-state index is 13.4. The number of nitrogens with zero attached hydrogens (tertiary/aromatic N) is 1. The lowest BCUT2D eigenvalue weighted by atomic mass is 10.1. The molecule has 1 amide bonds. The molecule has 1 aliphatic heterocycles. The van der Waals surface area contributed by atoms with E-state index >= 15 is 0 Å². The summed E-state index contributed by atoms with van der Waals surface area (Å²) in [6, 6.07) is 9.16. The zero-order chi connectivity index (χ0) is 15.1. The summed E-state index contributed by atoms with van der Waals surface area (Å²) in [5, 5.41) is -0.0875. The van der Waals surface area contributed by atoms with Gasteiger partial charge in [0.1, 0.15) is 0 Å². The lowest BCUT2D eigenvalue weighted by Crippen LogP contribution is -2.36. The fourth-order valence-corrected chi connectivity index (χ4v) is 2.92. The Morgan fingerprint density at radius 3 is 2.67 bits per heavy atom. The van der Waals surface area contributed by atoms with Gasteiger partial charge in [0.15, 0.2) is 11.6 Å². The maximum Gasteiger partial charge on any atom is 0.260 e. The molecule has 21 heavy (non-hydrogen) atoms. The number of benzene rings is 2. The van der Waals surface area contributed by atoms with Crippen molar-refractivity contribution < 1.29 is 13.6 Å². The van der Waals surface area contributed by atoms with E-state index in [-0.39, 0.29) is 16.6 Å². The van der Waals surface area contributed by atoms with Gasteiger partial charge in [-0.1, -0.05) is 29.8 Å². The number of amides is 1. The number of hydrogen-bond acceptors (Lipinski definition) is 1. The lowest BCUT2D eigenvalue weighted by Gasteiger charge is -2.23. The third-order valence-corrected chi connectivity index (χ3v) is 3.98. The molecule has 2 aromatic carbocycles. The molecule has 0 spiro atoms. The van der Waals surface area contributed by atoms with Crippen molar-refractivity contribution in [1.29, 1.82) is 0 Å². The highest BCUT2D eigenvalue weighted by molar-refractivity contribution is 6.34. The van der Waals surface area contributed by atoms with Crippen LogP contribution in [0.5, 0.6) is 0 Å². The Morgan fingerprint density at radius 2 is 1.90 bits per heavy atom. The van der Waals surface area contributed by atoms with E-state index in [1.54, 1.807) is 4.90 Å². The second-order valence-electron chi connectivity index (χ2n) is 5.10. The van der Waals surface area contributed by atoms with Crippen molar-refractivity contribution in [3.63, 3.8) is 0 Å². The SMILES string of the molecule is CC1Cc2ccccc2N1C(=O)c1cc(F)c(F)cc1Cl. The maximum atomic E-state index is 13.4. The fraction of sp³-hybridized carbons (Fsp3) is 0.188. The molecule has 3 rings (SSSR count). The van der Waals surface area contributed by atoms with Crippen molar-refractivity contribution in [3.05, 3.63) is 64.2 Å². The van der Waals surface area contributed by atoms with Crippen molar-refractivity contribution in [1.82, 2.24) is 0 Å². The molecular formula is C16H12ClF2NO. The predicted molar refractivity (Wildman–Crippen MR) is 77.8 cm³/mol. The lowest BCUT2D eigenvalue weighted by molar-refractivity contribution is 0.0981. The van der Waals surface area contributed by atoms with Gasteiger partial charge in [-0.05, 0) is 37.1 Å². The first-order valence-electron chi connectivity index (χ1n) is 6.55. The highest BCUT2D eigenvalue weighted by Gasteiger charge is 2.32. The summed E-state index contributed by atoms with van der Waals surface area (Å²) in [5.41, 5.74) is 1.81. The van der Waals surface area contributed by atoms with Crippen LogP contribution in [0, 0.1) is 11.6 Å². The molecule has 0 saturated carbocycles. The van der Waals surface area contributed by atoms with E-state index in [9.17, 15) is 13.6 Å². The number of halogens is 3. The molecule has 108 valence electrons. The van der Waals surface area contributed by atoms with E-state index in [4.69, 9.17) is 11.6 Å². The predicted octanol–water partition coefficient (Wildman–Crippen LogP) is 4.21. The molecule has 2 aromatic rings. The van der Waals surface area contributed by atoms with Crippen LogP contribution in [0.1, 0.15) is 22.8 Å². The average molecular weight is 308 g/mol. The minimum atomic E-state index is -1.08. The zero-order valence-corrected chi connectivity index (χ0v) is 12.0. The van der Waals surface area contributed by atoms with E-state index in [1.807, 2.05) is 31.2 Å². The molecule has 1 unspecified atom stereocenters. The zero-order valence-electron chi connectivity index (χ0n) is 11.2. The number of rotatable bonds is 1. The second-order valence-corrected chi connectivity index (χ2v) is 5.51. The highest BCUT2D eigenvalue weighted by Crippen LogP contribution is 2.34. The number of para-hydroxylation sites is 1. The number of fused-ring (bicyclic) bond motifs is 1. The van der Waals surface area contributed by atoms with Crippen LogP contribution >= 0.6 is 11.6 Å². The Morgan fingerprint density at radius 1 is 1.24 bits per heavy atom. The molecule has 0 bridgehead atoms. The van der Waals surface area contributed by atoms with Crippen molar-refractivity contribution in [3.8, 4) is 0 Å². The van der Waals surface area contributed by atoms with Crippen LogP contribution in [0.2, 0.25) is 5.02 Å². The third kappa shape index (κ3) is 2.29. The molecular weight excluding hydrogens is 296 g/mol. The summed E-state index contributed by atoms with van der Waals surface area (Å²) in [6.45, 7) is 1.91. The van der Waals surface area contributed by atoms with Gasteiger partial charge >= 0.3 is 0 Å². The number of carbonyl (C=O) groups is 1. The van der Waals surface area contributed by atoms with E-state index < -0.39 is 17.5 Å². The fourth-order valence-electron chi connectivity index (χ4n) is 2.69. The molecule has 1 aliphatic rings. The van der Waals surface area contributed by atoms with Crippen LogP contribution in [0.3, 0.4) is 0 Å². The van der Waals surface area contributed by atoms with Crippen molar-refractivity contribution in [2.24, 2.45) is 0 Å². The van der Waals surface area contributed by atoms with Gasteiger partial charge in [0, 0.05) is 11.7 Å². The van der Waals surface area contributed by atoms with Gasteiger partial charge in [0.2, 0.25) is 0 Å². The van der Waals surface area contributed by atoms with Crippen LogP contribution in [0.25, 0.3) is 0 Å². The molecule has 0 N–H and O–H groups in total. The van der Waals surface area contributed by atoms with Gasteiger partial charge in [-0.3, -0.25) is 4.79 Å². The number of anilines is 1. The summed E-state index contributed by atoms with van der Waals surface area (Å²) in [4.78, 5) is 14.2. The Labute approximate surface area is 125 Å². The Bertz CT molecular complexity index is 732. The monoisotopic (exact) mass is 307 g/mol. The third-order valence-electron chi connectivity index (χ3n) is 3.67. The average Bonchev–Trinajstić information content (AvgIpc) is 2.78. The minimum Gasteiger partial charge on any atom is -0.305 e. The molecule has 0 radical (unpaired) electrons. The first kappa shape index (κ1) is 14.0. The van der Waals surface area contributed by atoms with Gasteiger partial charge in [-0.2, -0.15) is 0 Å². The van der Waals surface area contributed by atoms with Crippen LogP contribution in [0.4, 0.5) is 14.5 Å². The topological polar surface area (TPSA) is 20.3 Å². The Hall–Kier alpha value is -1.94. The van der Waals surface area contributed by atoms with E-state index in [0.717, 1.165) is 29.8 Å². The van der Waals surface area contributed by atoms with E-state index in [1.165, 1.54) is 0 Å². The van der Waals surface area contributed by atoms with Crippen LogP contribution in [-0.2, 0) is 6.42 Å². The number of carbonyl (C=O) groups excluding carboxylic acids is 1. The Kier molecular flexibility index (Phi) is 3.41. The van der Waals surface area contributed by atoms with Gasteiger partial charge in [0.05, 0.1) is 10.6 Å². The number of hydrogen-bond donors (Lipinski definition) is 0. The summed E-state index contributed by atoms with van der Waals surface area (Å²) >= 11 is 5.90. The normalized spacial score (nSPS) is 17.0. The molecule has 0 fully saturated rings. The second kappa shape index (κ2) is 5.11. The molecule has 5 heteroatoms.